The molecule has 11 rings (SSSR count). The van der Waals surface area contributed by atoms with E-state index in [0.717, 1.165) is 33.4 Å². The molecule has 0 radical (unpaired) electrons. The van der Waals surface area contributed by atoms with Gasteiger partial charge in [0.1, 0.15) is 40.7 Å². The van der Waals surface area contributed by atoms with Crippen LogP contribution >= 0.6 is 23.1 Å². The third-order valence-electron chi connectivity index (χ3n) is 14.5. The minimum atomic E-state index is -1.39. The summed E-state index contributed by atoms with van der Waals surface area (Å²) in [6.45, 7) is 0.302. The van der Waals surface area contributed by atoms with E-state index in [4.69, 9.17) is 30.2 Å². The first-order valence-electron chi connectivity index (χ1n) is 26.7. The van der Waals surface area contributed by atoms with E-state index < -0.39 is 46.2 Å². The summed E-state index contributed by atoms with van der Waals surface area (Å²) in [7, 11) is 1.57. The highest BCUT2D eigenvalue weighted by Crippen LogP contribution is 2.44. The second-order valence-corrected chi connectivity index (χ2v) is 21.5. The molecule has 9 aromatic rings. The van der Waals surface area contributed by atoms with Crippen molar-refractivity contribution in [1.29, 1.82) is 0 Å². The van der Waals surface area contributed by atoms with Crippen molar-refractivity contribution in [1.82, 2.24) is 15.2 Å². The Morgan fingerprint density at radius 1 is 0.711 bits per heavy atom. The number of oxime groups is 1. The number of allylic oxidation sites excluding steroid dienone is 2. The molecule has 3 amide bonds. The monoisotopic (exact) mass is 1130 g/mol. The lowest BCUT2D eigenvalue weighted by molar-refractivity contribution is -0.687. The topological polar surface area (TPSA) is 178 Å². The molecule has 0 bridgehead atoms. The normalized spacial score (nSPS) is 15.2. The van der Waals surface area contributed by atoms with Crippen LogP contribution in [0.15, 0.2) is 265 Å². The number of pyridine rings is 1. The number of rotatable bonds is 21. The van der Waals surface area contributed by atoms with Gasteiger partial charge in [0, 0.05) is 40.0 Å². The number of β-lactam (4-membered cyclic amide) rings is 1. The molecule has 412 valence electrons. The fourth-order valence-corrected chi connectivity index (χ4v) is 12.4. The van der Waals surface area contributed by atoms with Gasteiger partial charge in [-0.05, 0) is 46.0 Å². The zero-order valence-electron chi connectivity index (χ0n) is 45.0. The van der Waals surface area contributed by atoms with Crippen LogP contribution in [-0.2, 0) is 48.2 Å². The average molecular weight is 1140 g/mol. The van der Waals surface area contributed by atoms with E-state index in [1.54, 1.807) is 67.4 Å². The lowest BCUT2D eigenvalue weighted by Crippen LogP contribution is -2.71. The molecular weight excluding hydrogens is 1080 g/mol. The van der Waals surface area contributed by atoms with Crippen molar-refractivity contribution in [3.63, 3.8) is 0 Å². The summed E-state index contributed by atoms with van der Waals surface area (Å²) in [4.78, 5) is 69.9. The average Bonchev–Trinajstić information content (AvgIpc) is 3.37. The number of hydrogen-bond donors (Lipinski definition) is 3. The van der Waals surface area contributed by atoms with Crippen LogP contribution in [0.1, 0.15) is 55.0 Å². The van der Waals surface area contributed by atoms with Crippen molar-refractivity contribution in [2.75, 3.05) is 18.2 Å². The third-order valence-corrected chi connectivity index (χ3v) is 16.6. The summed E-state index contributed by atoms with van der Waals surface area (Å²) in [5, 5.41) is 13.2. The molecule has 2 atom stereocenters. The number of esters is 1. The molecule has 0 spiro atoms. The number of thiazole rings is 1. The number of fused-ring (bicyclic) bond motifs is 1. The number of nitrogens with one attached hydrogen (secondary N) is 2. The highest BCUT2D eigenvalue weighted by Gasteiger charge is 2.55. The summed E-state index contributed by atoms with van der Waals surface area (Å²) >= 11 is 2.69. The molecular formula is C67H56N7O7S2+. The van der Waals surface area contributed by atoms with Gasteiger partial charge in [0.2, 0.25) is 11.5 Å². The Labute approximate surface area is 488 Å². The van der Waals surface area contributed by atoms with Crippen LogP contribution in [0.5, 0.6) is 5.75 Å². The molecule has 16 heteroatoms. The van der Waals surface area contributed by atoms with E-state index in [2.05, 4.69) is 47.0 Å². The van der Waals surface area contributed by atoms with Gasteiger partial charge in [0.25, 0.3) is 11.8 Å². The van der Waals surface area contributed by atoms with E-state index in [1.165, 1.54) is 28.0 Å². The van der Waals surface area contributed by atoms with E-state index >= 15 is 4.79 Å². The lowest BCUT2D eigenvalue weighted by atomic mass is 9.77. The van der Waals surface area contributed by atoms with Gasteiger partial charge in [0.15, 0.2) is 29.8 Å². The fraction of sp³-hybridized carbons (Fsp3) is 0.119. The van der Waals surface area contributed by atoms with Crippen LogP contribution < -0.4 is 25.7 Å². The van der Waals surface area contributed by atoms with E-state index in [0.29, 0.717) is 39.9 Å². The van der Waals surface area contributed by atoms with Crippen molar-refractivity contribution in [3.05, 3.63) is 310 Å². The summed E-state index contributed by atoms with van der Waals surface area (Å²) < 4.78 is 13.1. The maximum absolute atomic E-state index is 15.5. The van der Waals surface area contributed by atoms with Crippen molar-refractivity contribution in [2.45, 2.75) is 35.7 Å². The Bertz CT molecular complexity index is 3640. The van der Waals surface area contributed by atoms with E-state index in [9.17, 15) is 14.4 Å². The molecule has 83 heavy (non-hydrogen) atoms. The number of nitrogens with zero attached hydrogens (tertiary/aromatic N) is 4. The number of aromatic nitrogens is 2. The SMILES string of the molecule is COc1ccc(COC(=O)C2=C(/C=C/C[n+]3ccc(C(N)=O)cc3)CS[C@H]3[C@H](NC(=O)C(=NOC(c4ccccc4)(c4ccccc4)c4ccccc4)c4csc(NC(c5ccccc5)(c5ccccc5)c5ccccc5)n4)C(=O)N23)cc1. The predicted octanol–water partition coefficient (Wildman–Crippen LogP) is 10.3. The number of nitrogens with two attached hydrogens (primary N) is 1. The standard InChI is InChI=1S/C67H55N7O7S2/c1-79-55-36-34-46(35-37-55)43-80-64(78)59-48(21-20-40-73-41-38-47(39-42-73)60(68)75)44-82-63-58(62(77)74(59)63)70-61(76)57(72-81-67(52-28-14-5-15-29-52,53-30-16-6-17-31-53)54-32-18-7-19-33-54)56-45-83-65(69-56)71-66(49-22-8-2-9-23-49,50-24-10-3-11-25-50)51-26-12-4-13-27-51/h2-39,41-42,45,58,63H,40,43-44H2,1H3,(H3-,68,69,70,71,75,76)/p+1/b21-20+,72-57?/t58-,63+/m1/s1. The molecule has 4 N–H and O–H groups in total. The maximum atomic E-state index is 15.5. The molecule has 0 unspecified atom stereocenters. The molecule has 14 nitrogen and oxygen atoms in total. The van der Waals surface area contributed by atoms with Crippen LogP contribution in [0.25, 0.3) is 0 Å². The van der Waals surface area contributed by atoms with Gasteiger partial charge in [-0.1, -0.05) is 205 Å². The van der Waals surface area contributed by atoms with Crippen molar-refractivity contribution in [2.24, 2.45) is 10.9 Å². The number of primary amides is 1. The zero-order valence-corrected chi connectivity index (χ0v) is 46.6. The highest BCUT2D eigenvalue weighted by molar-refractivity contribution is 8.00. The quantitative estimate of drug-likeness (QED) is 0.0157. The Morgan fingerprint density at radius 3 is 1.71 bits per heavy atom. The van der Waals surface area contributed by atoms with Gasteiger partial charge < -0.3 is 30.7 Å². The third kappa shape index (κ3) is 11.4. The van der Waals surface area contributed by atoms with Crippen LogP contribution in [0.2, 0.25) is 0 Å². The number of hydrogen-bond acceptors (Lipinski definition) is 12. The second kappa shape index (κ2) is 24.9. The van der Waals surface area contributed by atoms with Crippen LogP contribution in [0, 0.1) is 0 Å². The number of thioether (sulfide) groups is 1. The van der Waals surface area contributed by atoms with Gasteiger partial charge >= 0.3 is 5.97 Å². The van der Waals surface area contributed by atoms with Crippen LogP contribution in [-0.4, -0.2) is 63.6 Å². The fourth-order valence-electron chi connectivity index (χ4n) is 10.3. The van der Waals surface area contributed by atoms with Crippen LogP contribution in [0.4, 0.5) is 5.13 Å². The number of benzene rings is 7. The molecule has 2 aliphatic rings. The summed E-state index contributed by atoms with van der Waals surface area (Å²) in [6.07, 6.45) is 7.09. The maximum Gasteiger partial charge on any atom is 0.355 e. The van der Waals surface area contributed by atoms with Crippen molar-refractivity contribution in [3.8, 4) is 5.75 Å². The number of methoxy groups -OCH3 is 1. The van der Waals surface area contributed by atoms with Gasteiger partial charge in [-0.25, -0.2) is 14.3 Å². The number of ether oxygens (including phenoxy) is 2. The Hall–Kier alpha value is -9.90. The van der Waals surface area contributed by atoms with Crippen molar-refractivity contribution >= 4 is 57.6 Å². The first-order valence-corrected chi connectivity index (χ1v) is 28.7. The first kappa shape index (κ1) is 55.0. The van der Waals surface area contributed by atoms with Gasteiger partial charge in [-0.2, -0.15) is 0 Å². The molecule has 2 aliphatic heterocycles. The molecule has 2 aromatic heterocycles. The Morgan fingerprint density at radius 2 is 1.22 bits per heavy atom. The molecule has 1 fully saturated rings. The molecule has 7 aromatic carbocycles. The minimum Gasteiger partial charge on any atom is -0.497 e. The summed E-state index contributed by atoms with van der Waals surface area (Å²) in [5.74, 6) is -1.57. The number of anilines is 1. The van der Waals surface area contributed by atoms with Gasteiger partial charge in [-0.3, -0.25) is 19.3 Å². The predicted molar refractivity (Wildman–Crippen MR) is 321 cm³/mol. The summed E-state index contributed by atoms with van der Waals surface area (Å²) in [6, 6.07) is 68.7. The largest absolute Gasteiger partial charge is 0.497 e. The Kier molecular flexibility index (Phi) is 16.5. The Balaban J connectivity index is 0.967. The van der Waals surface area contributed by atoms with Crippen LogP contribution in [0.3, 0.4) is 0 Å². The number of amides is 3. The number of carbonyl (C=O) groups is 4. The van der Waals surface area contributed by atoms with E-state index in [1.807, 2.05) is 156 Å². The minimum absolute atomic E-state index is 0.0626. The highest BCUT2D eigenvalue weighted by atomic mass is 32.2. The van der Waals surface area contributed by atoms with E-state index in [-0.39, 0.29) is 23.7 Å². The smallest absolute Gasteiger partial charge is 0.355 e. The lowest BCUT2D eigenvalue weighted by Gasteiger charge is -2.49. The number of carbonyl (C=O) groups excluding carboxylic acids is 4. The van der Waals surface area contributed by atoms with Gasteiger partial charge in [0.05, 0.1) is 12.7 Å². The second-order valence-electron chi connectivity index (χ2n) is 19.5. The first-order chi connectivity index (χ1) is 40.7. The molecule has 0 saturated carbocycles. The molecule has 0 aliphatic carbocycles. The molecule has 1 saturated heterocycles. The molecule has 4 heterocycles. The zero-order chi connectivity index (χ0) is 57.2. The van der Waals surface area contributed by atoms with Crippen molar-refractivity contribution < 1.29 is 38.1 Å². The summed E-state index contributed by atoms with van der Waals surface area (Å²) in [5.41, 5.74) is 9.88. The van der Waals surface area contributed by atoms with Gasteiger partial charge in [-0.15, -0.1) is 23.1 Å².